The molecule has 0 bridgehead atoms. The van der Waals surface area contributed by atoms with Crippen LogP contribution in [-0.4, -0.2) is 67.8 Å². The van der Waals surface area contributed by atoms with Crippen LogP contribution in [0, 0.1) is 0 Å². The van der Waals surface area contributed by atoms with Gasteiger partial charge in [-0.25, -0.2) is 8.42 Å². The Labute approximate surface area is 161 Å². The Hall–Kier alpha value is -1.80. The summed E-state index contributed by atoms with van der Waals surface area (Å²) in [5.74, 6) is 0. The van der Waals surface area contributed by atoms with Gasteiger partial charge in [-0.3, -0.25) is 9.88 Å². The number of fused-ring (bicyclic) bond motifs is 2. The van der Waals surface area contributed by atoms with Crippen LogP contribution >= 0.6 is 0 Å². The first kappa shape index (κ1) is 18.6. The molecule has 0 amide bonds. The summed E-state index contributed by atoms with van der Waals surface area (Å²) in [6.07, 6.45) is 4.43. The van der Waals surface area contributed by atoms with Crippen molar-refractivity contribution in [2.24, 2.45) is 0 Å². The van der Waals surface area contributed by atoms with E-state index in [1.165, 1.54) is 5.56 Å². The molecule has 2 aliphatic rings. The van der Waals surface area contributed by atoms with E-state index in [2.05, 4.69) is 9.88 Å². The lowest BCUT2D eigenvalue weighted by Gasteiger charge is -2.35. The number of nitrogens with zero attached hydrogens (tertiary/aromatic N) is 4. The first-order valence-electron chi connectivity index (χ1n) is 9.32. The average molecular weight is 387 g/mol. The number of likely N-dealkylation sites (N-methyl/N-ethyl adjacent to an activating group) is 1. The van der Waals surface area contributed by atoms with E-state index >= 15 is 0 Å². The van der Waals surface area contributed by atoms with Crippen LogP contribution in [0.5, 0.6) is 0 Å². The van der Waals surface area contributed by atoms with Gasteiger partial charge in [0, 0.05) is 45.1 Å². The molecule has 6 nitrogen and oxygen atoms in total. The van der Waals surface area contributed by atoms with Crippen LogP contribution < -0.4 is 0 Å². The van der Waals surface area contributed by atoms with Crippen molar-refractivity contribution in [2.75, 3.05) is 40.3 Å². The maximum Gasteiger partial charge on any atom is 0.244 e. The molecule has 3 heterocycles. The summed E-state index contributed by atoms with van der Waals surface area (Å²) < 4.78 is 28.4. The summed E-state index contributed by atoms with van der Waals surface area (Å²) in [6.45, 7) is 3.63. The molecule has 7 heteroatoms. The second-order valence-electron chi connectivity index (χ2n) is 7.72. The minimum absolute atomic E-state index is 0.460. The monoisotopic (exact) mass is 386 g/mol. The highest BCUT2D eigenvalue weighted by Gasteiger charge is 2.56. The number of pyridine rings is 1. The van der Waals surface area contributed by atoms with E-state index in [4.69, 9.17) is 0 Å². The molecular weight excluding hydrogens is 360 g/mol. The highest BCUT2D eigenvalue weighted by atomic mass is 32.2. The summed E-state index contributed by atoms with van der Waals surface area (Å²) in [6, 6.07) is 11.6. The third-order valence-corrected chi connectivity index (χ3v) is 7.69. The summed E-state index contributed by atoms with van der Waals surface area (Å²) in [7, 11) is 0.498. The number of rotatable bonds is 5. The third kappa shape index (κ3) is 3.18. The number of benzene rings is 1. The Bertz CT molecular complexity index is 917. The molecule has 1 atom stereocenters. The summed E-state index contributed by atoms with van der Waals surface area (Å²) in [5, 5.41) is 0. The minimum atomic E-state index is -3.46. The van der Waals surface area contributed by atoms with Crippen molar-refractivity contribution < 1.29 is 8.42 Å². The average Bonchev–Trinajstić information content (AvgIpc) is 3.13. The molecule has 0 aliphatic carbocycles. The molecule has 0 N–H and O–H groups in total. The van der Waals surface area contributed by atoms with E-state index in [0.29, 0.717) is 18.0 Å². The zero-order chi connectivity index (χ0) is 19.1. The quantitative estimate of drug-likeness (QED) is 0.784. The van der Waals surface area contributed by atoms with Gasteiger partial charge < -0.3 is 4.90 Å². The Morgan fingerprint density at radius 2 is 1.89 bits per heavy atom. The predicted molar refractivity (Wildman–Crippen MR) is 105 cm³/mol. The highest BCUT2D eigenvalue weighted by molar-refractivity contribution is 7.89. The number of hydrogen-bond donors (Lipinski definition) is 0. The number of likely N-dealkylation sites (tertiary alicyclic amines) is 1. The molecule has 1 fully saturated rings. The van der Waals surface area contributed by atoms with Gasteiger partial charge in [-0.05, 0) is 49.8 Å². The van der Waals surface area contributed by atoms with E-state index < -0.39 is 15.6 Å². The van der Waals surface area contributed by atoms with E-state index in [0.717, 1.165) is 31.6 Å². The van der Waals surface area contributed by atoms with Crippen molar-refractivity contribution in [3.05, 3.63) is 59.9 Å². The highest BCUT2D eigenvalue weighted by Crippen LogP contribution is 2.49. The van der Waals surface area contributed by atoms with Gasteiger partial charge in [0.1, 0.15) is 0 Å². The van der Waals surface area contributed by atoms with E-state index in [1.807, 2.05) is 49.3 Å². The van der Waals surface area contributed by atoms with Gasteiger partial charge in [-0.15, -0.1) is 0 Å². The van der Waals surface area contributed by atoms with Crippen molar-refractivity contribution in [2.45, 2.75) is 23.4 Å². The molecule has 1 aromatic heterocycles. The van der Waals surface area contributed by atoms with E-state index in [9.17, 15) is 8.42 Å². The Morgan fingerprint density at radius 1 is 1.15 bits per heavy atom. The second kappa shape index (κ2) is 6.98. The molecular formula is C20H26N4O2S. The van der Waals surface area contributed by atoms with Crippen molar-refractivity contribution in [3.63, 3.8) is 0 Å². The lowest BCUT2D eigenvalue weighted by atomic mass is 9.89. The fourth-order valence-corrected chi connectivity index (χ4v) is 6.41. The van der Waals surface area contributed by atoms with Crippen LogP contribution in [0.4, 0.5) is 0 Å². The molecule has 0 unspecified atom stereocenters. The predicted octanol–water partition coefficient (Wildman–Crippen LogP) is 1.75. The Morgan fingerprint density at radius 3 is 2.63 bits per heavy atom. The van der Waals surface area contributed by atoms with E-state index in [-0.39, 0.29) is 0 Å². The molecule has 0 radical (unpaired) electrons. The number of aromatic nitrogens is 1. The van der Waals surface area contributed by atoms with Gasteiger partial charge in [0.05, 0.1) is 10.4 Å². The fourth-order valence-electron chi connectivity index (χ4n) is 4.36. The second-order valence-corrected chi connectivity index (χ2v) is 9.56. The molecule has 1 saturated heterocycles. The molecule has 0 saturated carbocycles. The van der Waals surface area contributed by atoms with Gasteiger partial charge in [0.25, 0.3) is 0 Å². The zero-order valence-electron chi connectivity index (χ0n) is 15.9. The maximum atomic E-state index is 13.3. The topological polar surface area (TPSA) is 56.8 Å². The van der Waals surface area contributed by atoms with Gasteiger partial charge >= 0.3 is 0 Å². The van der Waals surface area contributed by atoms with Crippen molar-refractivity contribution in [1.82, 2.24) is 19.1 Å². The standard InChI is InChI=1S/C20H26N4O2S/c1-22(2)13-14-24-20(18-5-3-4-6-19(18)27(24,25)26)9-12-23(16-20)15-17-7-10-21-11-8-17/h3-8,10-11H,9,12-16H2,1-2H3/t20-/m0/s1. The lowest BCUT2D eigenvalue weighted by molar-refractivity contribution is 0.178. The van der Waals surface area contributed by atoms with Gasteiger partial charge in [-0.1, -0.05) is 18.2 Å². The summed E-state index contributed by atoms with van der Waals surface area (Å²) in [4.78, 5) is 8.96. The largest absolute Gasteiger partial charge is 0.308 e. The van der Waals surface area contributed by atoms with Crippen LogP contribution in [0.15, 0.2) is 53.7 Å². The first-order chi connectivity index (χ1) is 12.9. The molecule has 1 spiro atoms. The molecule has 2 aromatic rings. The van der Waals surface area contributed by atoms with Crippen LogP contribution in [0.3, 0.4) is 0 Å². The van der Waals surface area contributed by atoms with Gasteiger partial charge in [0.2, 0.25) is 10.0 Å². The smallest absolute Gasteiger partial charge is 0.244 e. The number of hydrogen-bond acceptors (Lipinski definition) is 5. The fraction of sp³-hybridized carbons (Fsp3) is 0.450. The normalized spacial score (nSPS) is 24.7. The molecule has 1 aromatic carbocycles. The lowest BCUT2D eigenvalue weighted by Crippen LogP contribution is -2.48. The molecule has 27 heavy (non-hydrogen) atoms. The summed E-state index contributed by atoms with van der Waals surface area (Å²) >= 11 is 0. The maximum absolute atomic E-state index is 13.3. The molecule has 4 rings (SSSR count). The summed E-state index contributed by atoms with van der Waals surface area (Å²) in [5.41, 5.74) is 1.70. The van der Waals surface area contributed by atoms with Crippen LogP contribution in [0.1, 0.15) is 17.5 Å². The third-order valence-electron chi connectivity index (χ3n) is 5.67. The van der Waals surface area contributed by atoms with Crippen molar-refractivity contribution in [1.29, 1.82) is 0 Å². The van der Waals surface area contributed by atoms with Crippen molar-refractivity contribution in [3.8, 4) is 0 Å². The minimum Gasteiger partial charge on any atom is -0.308 e. The van der Waals surface area contributed by atoms with Crippen LogP contribution in [0.25, 0.3) is 0 Å². The molecule has 2 aliphatic heterocycles. The van der Waals surface area contributed by atoms with Gasteiger partial charge in [0.15, 0.2) is 0 Å². The van der Waals surface area contributed by atoms with E-state index in [1.54, 1.807) is 22.8 Å². The molecule has 144 valence electrons. The Balaban J connectivity index is 1.68. The SMILES string of the molecule is CN(C)CCN1[C@]2(CCN(Cc3ccncc3)C2)c2ccccc2S1(=O)=O. The van der Waals surface area contributed by atoms with Gasteiger partial charge in [-0.2, -0.15) is 4.31 Å². The zero-order valence-corrected chi connectivity index (χ0v) is 16.7. The van der Waals surface area contributed by atoms with Crippen LogP contribution in [0.2, 0.25) is 0 Å². The van der Waals surface area contributed by atoms with Crippen molar-refractivity contribution >= 4 is 10.0 Å². The first-order valence-corrected chi connectivity index (χ1v) is 10.8. The van der Waals surface area contributed by atoms with Crippen LogP contribution in [-0.2, 0) is 22.1 Å². The Kier molecular flexibility index (Phi) is 4.80. The number of sulfonamides is 1.